The molecule has 0 amide bonds. The highest BCUT2D eigenvalue weighted by molar-refractivity contribution is 6.35. The molecule has 1 aromatic carbocycles. The van der Waals surface area contributed by atoms with Crippen LogP contribution in [0.4, 0.5) is 20.2 Å². The first-order chi connectivity index (χ1) is 18.4. The third kappa shape index (κ3) is 5.13. The topological polar surface area (TPSA) is 117 Å². The highest BCUT2D eigenvalue weighted by Gasteiger charge is 2.54. The Morgan fingerprint density at radius 3 is 2.59 bits per heavy atom. The minimum absolute atomic E-state index is 0.0433. The molecule has 3 heterocycles. The summed E-state index contributed by atoms with van der Waals surface area (Å²) in [5.74, 6) is 1.02. The summed E-state index contributed by atoms with van der Waals surface area (Å²) in [5.41, 5.74) is 1.76. The molecular formula is C27H29ClF2N8O. The second kappa shape index (κ2) is 9.75. The van der Waals surface area contributed by atoms with Gasteiger partial charge in [0.2, 0.25) is 0 Å². The maximum absolute atomic E-state index is 13.8. The van der Waals surface area contributed by atoms with Gasteiger partial charge in [0.15, 0.2) is 5.89 Å². The molecule has 0 radical (unpaired) electrons. The molecule has 2 N–H and O–H groups in total. The van der Waals surface area contributed by atoms with Crippen LogP contribution in [0.25, 0.3) is 10.9 Å². The molecule has 5 rings (SSSR count). The SMILES string of the molecule is Cc1nc([C@H](Nc2cc(Cl)c3ncc(C#N)c(NCC(C)(C)C)c3c2)c2cn(C3(C(F)F)CC3)nn2)c(C)o1. The molecule has 0 aliphatic heterocycles. The van der Waals surface area contributed by atoms with Gasteiger partial charge in [0.05, 0.1) is 28.0 Å². The Labute approximate surface area is 229 Å². The van der Waals surface area contributed by atoms with Crippen molar-refractivity contribution < 1.29 is 13.2 Å². The summed E-state index contributed by atoms with van der Waals surface area (Å²) in [4.78, 5) is 8.95. The Kier molecular flexibility index (Phi) is 6.71. The standard InChI is InChI=1S/C27H29ClF2N8O/c1-14-21(34-15(2)39-14)24(20-12-38(37-36-20)27(6-7-27)25(29)30)35-17-8-18-22(33-13-26(3,4)5)16(10-31)11-32-23(18)19(28)9-17/h8-9,11-12,24-25,35H,6-7,13H2,1-5H3,(H,32,33)/t24-/m1/s1. The highest BCUT2D eigenvalue weighted by atomic mass is 35.5. The predicted molar refractivity (Wildman–Crippen MR) is 144 cm³/mol. The van der Waals surface area contributed by atoms with E-state index in [9.17, 15) is 14.0 Å². The van der Waals surface area contributed by atoms with Gasteiger partial charge in [-0.15, -0.1) is 5.10 Å². The van der Waals surface area contributed by atoms with Gasteiger partial charge in [-0.05, 0) is 37.3 Å². The minimum Gasteiger partial charge on any atom is -0.446 e. The van der Waals surface area contributed by atoms with Crippen LogP contribution in [-0.2, 0) is 5.54 Å². The van der Waals surface area contributed by atoms with Crippen molar-refractivity contribution in [2.75, 3.05) is 17.2 Å². The summed E-state index contributed by atoms with van der Waals surface area (Å²) in [7, 11) is 0. The predicted octanol–water partition coefficient (Wildman–Crippen LogP) is 6.37. The lowest BCUT2D eigenvalue weighted by Crippen LogP contribution is -2.26. The molecule has 1 saturated carbocycles. The van der Waals surface area contributed by atoms with Gasteiger partial charge in [0.1, 0.15) is 34.8 Å². The lowest BCUT2D eigenvalue weighted by atomic mass is 9.96. The average molecular weight is 555 g/mol. The van der Waals surface area contributed by atoms with Crippen LogP contribution in [-0.4, -0.2) is 37.9 Å². The average Bonchev–Trinajstić information content (AvgIpc) is 3.41. The van der Waals surface area contributed by atoms with Gasteiger partial charge in [0, 0.05) is 30.7 Å². The molecule has 1 fully saturated rings. The quantitative estimate of drug-likeness (QED) is 0.258. The Morgan fingerprint density at radius 2 is 2.00 bits per heavy atom. The molecular weight excluding hydrogens is 526 g/mol. The van der Waals surface area contributed by atoms with E-state index in [0.717, 1.165) is 0 Å². The number of fused-ring (bicyclic) bond motifs is 1. The largest absolute Gasteiger partial charge is 0.446 e. The molecule has 39 heavy (non-hydrogen) atoms. The van der Waals surface area contributed by atoms with E-state index >= 15 is 0 Å². The molecule has 204 valence electrons. The van der Waals surface area contributed by atoms with Crippen molar-refractivity contribution >= 4 is 33.9 Å². The van der Waals surface area contributed by atoms with E-state index in [2.05, 4.69) is 57.8 Å². The number of benzene rings is 1. The summed E-state index contributed by atoms with van der Waals surface area (Å²) in [6, 6.07) is 5.10. The van der Waals surface area contributed by atoms with Crippen LogP contribution in [0.2, 0.25) is 5.02 Å². The second-order valence-electron chi connectivity index (χ2n) is 11.2. The number of hydrogen-bond acceptors (Lipinski definition) is 8. The summed E-state index contributed by atoms with van der Waals surface area (Å²) in [6.07, 6.45) is 1.17. The van der Waals surface area contributed by atoms with Gasteiger partial charge >= 0.3 is 0 Å². The maximum Gasteiger partial charge on any atom is 0.263 e. The van der Waals surface area contributed by atoms with Gasteiger partial charge in [-0.1, -0.05) is 37.6 Å². The fourth-order valence-electron chi connectivity index (χ4n) is 4.54. The first-order valence-corrected chi connectivity index (χ1v) is 13.0. The van der Waals surface area contributed by atoms with Crippen LogP contribution in [0.15, 0.2) is 28.9 Å². The zero-order valence-electron chi connectivity index (χ0n) is 22.3. The summed E-state index contributed by atoms with van der Waals surface area (Å²) in [5, 5.41) is 25.9. The van der Waals surface area contributed by atoms with E-state index in [-0.39, 0.29) is 5.41 Å². The molecule has 12 heteroatoms. The molecule has 1 aliphatic rings. The van der Waals surface area contributed by atoms with Crippen molar-refractivity contribution in [3.63, 3.8) is 0 Å². The number of aromatic nitrogens is 5. The number of nitrogens with zero attached hydrogens (tertiary/aromatic N) is 6. The number of alkyl halides is 2. The van der Waals surface area contributed by atoms with Crippen LogP contribution in [0.1, 0.15) is 68.3 Å². The molecule has 0 spiro atoms. The fraction of sp³-hybridized carbons (Fsp3) is 0.444. The zero-order valence-corrected chi connectivity index (χ0v) is 23.1. The second-order valence-corrected chi connectivity index (χ2v) is 11.6. The first-order valence-electron chi connectivity index (χ1n) is 12.6. The van der Waals surface area contributed by atoms with E-state index in [1.54, 1.807) is 19.9 Å². The number of halogens is 3. The zero-order chi connectivity index (χ0) is 28.1. The summed E-state index contributed by atoms with van der Waals surface area (Å²) in [6.45, 7) is 10.4. The molecule has 0 saturated heterocycles. The van der Waals surface area contributed by atoms with E-state index in [4.69, 9.17) is 16.0 Å². The normalized spacial score (nSPS) is 15.4. The van der Waals surface area contributed by atoms with E-state index in [1.165, 1.54) is 17.1 Å². The van der Waals surface area contributed by atoms with Gasteiger partial charge in [-0.3, -0.25) is 4.98 Å². The van der Waals surface area contributed by atoms with Gasteiger partial charge in [-0.25, -0.2) is 18.4 Å². The molecule has 0 bridgehead atoms. The molecule has 3 aromatic heterocycles. The number of oxazole rings is 1. The van der Waals surface area contributed by atoms with Crippen LogP contribution >= 0.6 is 11.6 Å². The third-order valence-electron chi connectivity index (χ3n) is 6.80. The highest BCUT2D eigenvalue weighted by Crippen LogP contribution is 2.48. The molecule has 4 aromatic rings. The number of hydrogen-bond donors (Lipinski definition) is 2. The lowest BCUT2D eigenvalue weighted by molar-refractivity contribution is 0.0593. The van der Waals surface area contributed by atoms with Crippen molar-refractivity contribution in [1.82, 2.24) is 25.0 Å². The molecule has 1 aliphatic carbocycles. The van der Waals surface area contributed by atoms with Gasteiger partial charge in [0.25, 0.3) is 6.43 Å². The van der Waals surface area contributed by atoms with Gasteiger partial charge in [-0.2, -0.15) is 5.26 Å². The van der Waals surface area contributed by atoms with E-state index in [1.807, 2.05) is 6.07 Å². The van der Waals surface area contributed by atoms with Crippen molar-refractivity contribution in [2.24, 2.45) is 5.41 Å². The fourth-order valence-corrected chi connectivity index (χ4v) is 4.80. The number of rotatable bonds is 8. The number of anilines is 2. The van der Waals surface area contributed by atoms with Crippen LogP contribution in [0.3, 0.4) is 0 Å². The molecule has 9 nitrogen and oxygen atoms in total. The Morgan fingerprint density at radius 1 is 1.26 bits per heavy atom. The summed E-state index contributed by atoms with van der Waals surface area (Å²) >= 11 is 6.67. The monoisotopic (exact) mass is 554 g/mol. The lowest BCUT2D eigenvalue weighted by Gasteiger charge is -2.22. The van der Waals surface area contributed by atoms with Crippen LogP contribution < -0.4 is 10.6 Å². The van der Waals surface area contributed by atoms with Crippen LogP contribution in [0, 0.1) is 30.6 Å². The molecule has 1 atom stereocenters. The molecule has 0 unspecified atom stereocenters. The Hall–Kier alpha value is -3.78. The summed E-state index contributed by atoms with van der Waals surface area (Å²) < 4.78 is 34.4. The third-order valence-corrected chi connectivity index (χ3v) is 7.08. The Bertz CT molecular complexity index is 1580. The minimum atomic E-state index is -2.55. The van der Waals surface area contributed by atoms with Gasteiger partial charge < -0.3 is 15.1 Å². The van der Waals surface area contributed by atoms with Crippen molar-refractivity contribution in [3.05, 3.63) is 58.2 Å². The van der Waals surface area contributed by atoms with E-state index in [0.29, 0.717) is 75.3 Å². The van der Waals surface area contributed by atoms with Crippen molar-refractivity contribution in [3.8, 4) is 6.07 Å². The first kappa shape index (κ1) is 26.8. The number of aryl methyl sites for hydroxylation is 2. The smallest absolute Gasteiger partial charge is 0.263 e. The Balaban J connectivity index is 1.59. The van der Waals surface area contributed by atoms with E-state index < -0.39 is 18.0 Å². The van der Waals surface area contributed by atoms with Crippen molar-refractivity contribution in [1.29, 1.82) is 5.26 Å². The maximum atomic E-state index is 13.8. The van der Waals surface area contributed by atoms with Crippen molar-refractivity contribution in [2.45, 2.75) is 65.5 Å². The number of pyridine rings is 1. The number of nitrogens with one attached hydrogen (secondary N) is 2. The van der Waals surface area contributed by atoms with Crippen LogP contribution in [0.5, 0.6) is 0 Å². The number of nitriles is 1.